The molecule has 1 heterocycles. The zero-order valence-corrected chi connectivity index (χ0v) is 14.3. The van der Waals surface area contributed by atoms with Crippen LogP contribution in [0.1, 0.15) is 12.8 Å². The van der Waals surface area contributed by atoms with E-state index < -0.39 is 0 Å². The number of benzene rings is 2. The van der Waals surface area contributed by atoms with Gasteiger partial charge >= 0.3 is 0 Å². The zero-order valence-electron chi connectivity index (χ0n) is 11.2. The molecule has 2 aromatic rings. The highest BCUT2D eigenvalue weighted by Gasteiger charge is 2.14. The minimum absolute atomic E-state index is 0.622. The third-order valence-corrected chi connectivity index (χ3v) is 5.07. The Hall–Kier alpha value is -0.580. The van der Waals surface area contributed by atoms with Crippen LogP contribution in [0.4, 0.5) is 0 Å². The number of piperidine rings is 1. The molecule has 0 amide bonds. The van der Waals surface area contributed by atoms with Crippen LogP contribution in [0.15, 0.2) is 39.3 Å². The highest BCUT2D eigenvalue weighted by molar-refractivity contribution is 9.11. The average molecular weight is 399 g/mol. The monoisotopic (exact) mass is 397 g/mol. The summed E-state index contributed by atoms with van der Waals surface area (Å²) in [6.07, 6.45) is 2.51. The van der Waals surface area contributed by atoms with Crippen LogP contribution in [0, 0.1) is 5.92 Å². The van der Waals surface area contributed by atoms with E-state index in [-0.39, 0.29) is 0 Å². The van der Waals surface area contributed by atoms with Gasteiger partial charge in [-0.05, 0) is 64.3 Å². The van der Waals surface area contributed by atoms with Gasteiger partial charge in [0.05, 0.1) is 11.1 Å². The number of ether oxygens (including phenoxy) is 1. The van der Waals surface area contributed by atoms with E-state index in [2.05, 4.69) is 67.5 Å². The van der Waals surface area contributed by atoms with Crippen molar-refractivity contribution < 1.29 is 4.74 Å². The fraction of sp³-hybridized carbons (Fsp3) is 0.375. The Morgan fingerprint density at radius 1 is 1.20 bits per heavy atom. The van der Waals surface area contributed by atoms with Crippen LogP contribution < -0.4 is 10.1 Å². The first-order valence-electron chi connectivity index (χ1n) is 6.95. The lowest BCUT2D eigenvalue weighted by atomic mass is 10.0. The summed E-state index contributed by atoms with van der Waals surface area (Å²) in [7, 11) is 0. The molecule has 2 aromatic carbocycles. The van der Waals surface area contributed by atoms with Gasteiger partial charge in [-0.1, -0.05) is 28.1 Å². The minimum atomic E-state index is 0.622. The Bertz CT molecular complexity index is 609. The summed E-state index contributed by atoms with van der Waals surface area (Å²) in [5.41, 5.74) is 0. The largest absolute Gasteiger partial charge is 0.492 e. The molecule has 0 aliphatic carbocycles. The van der Waals surface area contributed by atoms with Crippen LogP contribution in [0.25, 0.3) is 10.8 Å². The van der Waals surface area contributed by atoms with E-state index >= 15 is 0 Å². The molecule has 1 aliphatic heterocycles. The maximum atomic E-state index is 6.02. The van der Waals surface area contributed by atoms with E-state index in [9.17, 15) is 0 Å². The van der Waals surface area contributed by atoms with Gasteiger partial charge in [0, 0.05) is 16.9 Å². The lowest BCUT2D eigenvalue weighted by Gasteiger charge is -2.23. The number of fused-ring (bicyclic) bond motifs is 1. The Balaban J connectivity index is 1.77. The molecule has 0 saturated carbocycles. The van der Waals surface area contributed by atoms with Crippen LogP contribution >= 0.6 is 31.9 Å². The molecule has 1 saturated heterocycles. The van der Waals surface area contributed by atoms with Crippen molar-refractivity contribution >= 4 is 42.6 Å². The van der Waals surface area contributed by atoms with Crippen molar-refractivity contribution in [3.05, 3.63) is 39.3 Å². The van der Waals surface area contributed by atoms with E-state index in [4.69, 9.17) is 4.74 Å². The van der Waals surface area contributed by atoms with Crippen molar-refractivity contribution in [1.29, 1.82) is 0 Å². The van der Waals surface area contributed by atoms with Gasteiger partial charge in [0.15, 0.2) is 0 Å². The van der Waals surface area contributed by atoms with E-state index in [1.807, 2.05) is 0 Å². The second kappa shape index (κ2) is 6.46. The van der Waals surface area contributed by atoms with E-state index in [0.717, 1.165) is 34.4 Å². The first-order valence-corrected chi connectivity index (χ1v) is 8.54. The highest BCUT2D eigenvalue weighted by atomic mass is 79.9. The quantitative estimate of drug-likeness (QED) is 0.805. The van der Waals surface area contributed by atoms with Gasteiger partial charge in [-0.25, -0.2) is 0 Å². The number of hydrogen-bond acceptors (Lipinski definition) is 2. The molecule has 4 heteroatoms. The first kappa shape index (κ1) is 14.4. The molecule has 106 valence electrons. The van der Waals surface area contributed by atoms with Crippen LogP contribution in [-0.4, -0.2) is 19.7 Å². The van der Waals surface area contributed by atoms with E-state index in [1.165, 1.54) is 23.6 Å². The summed E-state index contributed by atoms with van der Waals surface area (Å²) in [6.45, 7) is 3.00. The number of nitrogens with one attached hydrogen (secondary N) is 1. The predicted octanol–water partition coefficient (Wildman–Crippen LogP) is 4.74. The van der Waals surface area contributed by atoms with Crippen LogP contribution in [0.2, 0.25) is 0 Å². The number of hydrogen-bond donors (Lipinski definition) is 1. The van der Waals surface area contributed by atoms with E-state index in [0.29, 0.717) is 5.92 Å². The van der Waals surface area contributed by atoms with Crippen molar-refractivity contribution in [1.82, 2.24) is 5.32 Å². The van der Waals surface area contributed by atoms with Crippen LogP contribution in [0.5, 0.6) is 5.75 Å². The molecule has 20 heavy (non-hydrogen) atoms. The molecule has 1 aliphatic rings. The van der Waals surface area contributed by atoms with Crippen LogP contribution in [0.3, 0.4) is 0 Å². The standard InChI is InChI=1S/C16H17Br2NO/c17-13-4-5-14-12(8-13)3-6-15(16(14)18)20-10-11-2-1-7-19-9-11/h3-6,8,11,19H,1-2,7,9-10H2/t11-/m1/s1. The summed E-state index contributed by atoms with van der Waals surface area (Å²) < 4.78 is 8.16. The lowest BCUT2D eigenvalue weighted by molar-refractivity contribution is 0.217. The van der Waals surface area contributed by atoms with Gasteiger partial charge in [-0.15, -0.1) is 0 Å². The Labute approximate surface area is 136 Å². The van der Waals surface area contributed by atoms with Crippen LogP contribution in [-0.2, 0) is 0 Å². The molecule has 2 nitrogen and oxygen atoms in total. The molecule has 1 atom stereocenters. The zero-order chi connectivity index (χ0) is 13.9. The second-order valence-electron chi connectivity index (χ2n) is 5.27. The van der Waals surface area contributed by atoms with Crippen molar-refractivity contribution in [2.45, 2.75) is 12.8 Å². The molecule has 0 bridgehead atoms. The third-order valence-electron chi connectivity index (χ3n) is 3.75. The molecular formula is C16H17Br2NO. The lowest BCUT2D eigenvalue weighted by Crippen LogP contribution is -2.33. The van der Waals surface area contributed by atoms with Gasteiger partial charge in [-0.3, -0.25) is 0 Å². The number of rotatable bonds is 3. The topological polar surface area (TPSA) is 21.3 Å². The van der Waals surface area contributed by atoms with E-state index in [1.54, 1.807) is 0 Å². The summed E-state index contributed by atoms with van der Waals surface area (Å²) in [5.74, 6) is 1.56. The second-order valence-corrected chi connectivity index (χ2v) is 6.98. The Morgan fingerprint density at radius 3 is 2.90 bits per heavy atom. The molecule has 0 aromatic heterocycles. The minimum Gasteiger partial charge on any atom is -0.492 e. The van der Waals surface area contributed by atoms with Crippen molar-refractivity contribution in [2.24, 2.45) is 5.92 Å². The maximum absolute atomic E-state index is 6.02. The maximum Gasteiger partial charge on any atom is 0.134 e. The fourth-order valence-electron chi connectivity index (χ4n) is 2.63. The van der Waals surface area contributed by atoms with Gasteiger partial charge < -0.3 is 10.1 Å². The summed E-state index contributed by atoms with van der Waals surface area (Å²) in [6, 6.07) is 10.4. The first-order chi connectivity index (χ1) is 9.74. The molecule has 1 N–H and O–H groups in total. The molecule has 3 rings (SSSR count). The molecule has 0 unspecified atom stereocenters. The smallest absolute Gasteiger partial charge is 0.134 e. The van der Waals surface area contributed by atoms with Gasteiger partial charge in [-0.2, -0.15) is 0 Å². The summed E-state index contributed by atoms with van der Waals surface area (Å²) in [5, 5.41) is 5.82. The van der Waals surface area contributed by atoms with Gasteiger partial charge in [0.25, 0.3) is 0 Å². The summed E-state index contributed by atoms with van der Waals surface area (Å²) in [4.78, 5) is 0. The Morgan fingerprint density at radius 2 is 2.10 bits per heavy atom. The Kier molecular flexibility index (Phi) is 4.64. The van der Waals surface area contributed by atoms with Crippen molar-refractivity contribution in [3.8, 4) is 5.75 Å². The average Bonchev–Trinajstić information content (AvgIpc) is 2.47. The van der Waals surface area contributed by atoms with Crippen molar-refractivity contribution in [3.63, 3.8) is 0 Å². The molecule has 0 radical (unpaired) electrons. The molecule has 1 fully saturated rings. The normalized spacial score (nSPS) is 19.2. The predicted molar refractivity (Wildman–Crippen MR) is 90.4 cm³/mol. The fourth-order valence-corrected chi connectivity index (χ4v) is 3.61. The van der Waals surface area contributed by atoms with Crippen molar-refractivity contribution in [2.75, 3.05) is 19.7 Å². The van der Waals surface area contributed by atoms with Gasteiger partial charge in [0.2, 0.25) is 0 Å². The third kappa shape index (κ3) is 3.18. The highest BCUT2D eigenvalue weighted by Crippen LogP contribution is 2.34. The SMILES string of the molecule is Brc1ccc2c(Br)c(OC[C@@H]3CCCNC3)ccc2c1. The number of halogens is 2. The van der Waals surface area contributed by atoms with Gasteiger partial charge in [0.1, 0.15) is 5.75 Å². The molecular weight excluding hydrogens is 382 g/mol. The summed E-state index contributed by atoms with van der Waals surface area (Å²) >= 11 is 7.18. The molecule has 0 spiro atoms.